The van der Waals surface area contributed by atoms with Crippen LogP contribution < -0.4 is 4.57 Å². The fraction of sp³-hybridized carbons (Fsp3) is 0.361. The fourth-order valence-electron chi connectivity index (χ4n) is 7.67. The van der Waals surface area contributed by atoms with Crippen LogP contribution in [0.25, 0.3) is 44.3 Å². The van der Waals surface area contributed by atoms with Crippen molar-refractivity contribution < 1.29 is 13.4 Å². The summed E-state index contributed by atoms with van der Waals surface area (Å²) in [6.45, 7) is 4.21. The first-order chi connectivity index (χ1) is 19.0. The van der Waals surface area contributed by atoms with Crippen molar-refractivity contribution in [3.05, 3.63) is 89.4 Å². The van der Waals surface area contributed by atoms with Gasteiger partial charge < -0.3 is 4.42 Å². The van der Waals surface area contributed by atoms with Gasteiger partial charge in [0.1, 0.15) is 24.0 Å². The molecule has 5 aromatic rings. The van der Waals surface area contributed by atoms with Gasteiger partial charge in [0.05, 0.1) is 11.1 Å². The number of hydrogen-bond acceptors (Lipinski definition) is 1. The lowest BCUT2D eigenvalue weighted by Gasteiger charge is -2.39. The van der Waals surface area contributed by atoms with E-state index in [1.165, 1.54) is 56.1 Å². The van der Waals surface area contributed by atoms with Crippen molar-refractivity contribution in [2.75, 3.05) is 0 Å². The zero-order valence-electron chi connectivity index (χ0n) is 23.3. The highest BCUT2D eigenvalue weighted by Crippen LogP contribution is 2.47. The third-order valence-electron chi connectivity index (χ3n) is 9.72. The van der Waals surface area contributed by atoms with Crippen molar-refractivity contribution >= 4 is 21.9 Å². The molecule has 3 unspecified atom stereocenters. The van der Waals surface area contributed by atoms with Crippen molar-refractivity contribution in [3.63, 3.8) is 0 Å². The molecule has 0 radical (unpaired) electrons. The first kappa shape index (κ1) is 24.6. The Morgan fingerprint density at radius 2 is 1.46 bits per heavy atom. The Morgan fingerprint density at radius 1 is 0.744 bits per heavy atom. The Labute approximate surface area is 230 Å². The van der Waals surface area contributed by atoms with Crippen molar-refractivity contribution in [1.82, 2.24) is 0 Å². The smallest absolute Gasteiger partial charge is 0.216 e. The van der Waals surface area contributed by atoms with Crippen LogP contribution in [0.1, 0.15) is 67.6 Å². The van der Waals surface area contributed by atoms with E-state index in [4.69, 9.17) is 4.42 Å². The summed E-state index contributed by atoms with van der Waals surface area (Å²) in [5.74, 6) is 2.23. The highest BCUT2D eigenvalue weighted by Gasteiger charge is 2.32. The minimum Gasteiger partial charge on any atom is -0.454 e. The molecular formula is C36H37FNO+. The third kappa shape index (κ3) is 4.18. The molecule has 2 nitrogen and oxygen atoms in total. The van der Waals surface area contributed by atoms with Gasteiger partial charge in [0.2, 0.25) is 5.69 Å². The predicted molar refractivity (Wildman–Crippen MR) is 157 cm³/mol. The Morgan fingerprint density at radius 3 is 2.23 bits per heavy atom. The maximum Gasteiger partial charge on any atom is 0.216 e. The van der Waals surface area contributed by atoms with Gasteiger partial charge in [0, 0.05) is 22.4 Å². The van der Waals surface area contributed by atoms with Gasteiger partial charge in [-0.2, -0.15) is 0 Å². The van der Waals surface area contributed by atoms with E-state index in [1.54, 1.807) is 6.07 Å². The molecule has 0 saturated heterocycles. The van der Waals surface area contributed by atoms with Gasteiger partial charge in [-0.25, -0.2) is 8.96 Å². The lowest BCUT2D eigenvalue weighted by atomic mass is 9.66. The lowest BCUT2D eigenvalue weighted by molar-refractivity contribution is -0.660. The van der Waals surface area contributed by atoms with Crippen molar-refractivity contribution in [1.29, 1.82) is 0 Å². The molecule has 7 rings (SSSR count). The summed E-state index contributed by atoms with van der Waals surface area (Å²) in [7, 11) is 2.07. The maximum atomic E-state index is 15.5. The number of fused-ring (bicyclic) bond motifs is 4. The van der Waals surface area contributed by atoms with E-state index in [0.717, 1.165) is 50.6 Å². The number of hydrogen-bond donors (Lipinski definition) is 0. The molecule has 0 N–H and O–H groups in total. The molecule has 2 aliphatic rings. The normalized spacial score (nSPS) is 21.4. The van der Waals surface area contributed by atoms with Crippen LogP contribution in [0, 0.1) is 31.5 Å². The van der Waals surface area contributed by atoms with E-state index in [2.05, 4.69) is 80.2 Å². The Hall–Kier alpha value is -3.46. The SMILES string of the molecule is Cc1ccc(-c2c(C)ccc3c2oc2c(-c4ccc(C5CCC6CCCCC6C5)cc4)c(F)ccc23)[n+](C)c1. The molecule has 0 bridgehead atoms. The molecule has 2 aliphatic carbocycles. The highest BCUT2D eigenvalue weighted by atomic mass is 19.1. The van der Waals surface area contributed by atoms with E-state index in [-0.39, 0.29) is 5.82 Å². The summed E-state index contributed by atoms with van der Waals surface area (Å²) in [6.07, 6.45) is 11.7. The average Bonchev–Trinajstić information content (AvgIpc) is 3.32. The average molecular weight is 519 g/mol. The molecule has 0 aliphatic heterocycles. The monoisotopic (exact) mass is 518 g/mol. The van der Waals surface area contributed by atoms with Crippen molar-refractivity contribution in [2.45, 2.75) is 64.7 Å². The summed E-state index contributed by atoms with van der Waals surface area (Å²) in [5.41, 5.74) is 8.78. The second-order valence-corrected chi connectivity index (χ2v) is 12.2. The minimum atomic E-state index is -0.240. The largest absolute Gasteiger partial charge is 0.454 e. The van der Waals surface area contributed by atoms with Crippen LogP contribution in [0.3, 0.4) is 0 Å². The van der Waals surface area contributed by atoms with E-state index < -0.39 is 0 Å². The van der Waals surface area contributed by atoms with Crippen LogP contribution in [0.5, 0.6) is 0 Å². The quantitative estimate of drug-likeness (QED) is 0.217. The lowest BCUT2D eigenvalue weighted by Crippen LogP contribution is -2.31. The molecule has 2 fully saturated rings. The summed E-state index contributed by atoms with van der Waals surface area (Å²) in [4.78, 5) is 0. The van der Waals surface area contributed by atoms with Crippen LogP contribution in [-0.4, -0.2) is 0 Å². The van der Waals surface area contributed by atoms with Crippen LogP contribution >= 0.6 is 0 Å². The number of pyridine rings is 1. The molecule has 2 heterocycles. The Kier molecular flexibility index (Phi) is 6.06. The molecule has 3 heteroatoms. The number of furan rings is 1. The molecule has 3 atom stereocenters. The molecule has 0 spiro atoms. The van der Waals surface area contributed by atoms with Crippen LogP contribution in [0.15, 0.2) is 71.3 Å². The first-order valence-corrected chi connectivity index (χ1v) is 14.7. The Bertz CT molecular complexity index is 1700. The van der Waals surface area contributed by atoms with E-state index in [9.17, 15) is 0 Å². The molecule has 198 valence electrons. The summed E-state index contributed by atoms with van der Waals surface area (Å²) < 4.78 is 24.3. The van der Waals surface area contributed by atoms with E-state index >= 15 is 4.39 Å². The standard InChI is InChI=1S/C36H37FNO/c1-22-8-19-32(38(3)21-22)33-23(2)9-16-29-30-17-18-31(37)34(36(30)39-35(29)33)26-13-10-25(11-14-26)28-15-12-24-6-4-5-7-27(24)20-28/h8-11,13-14,16-19,21,24,27-28H,4-7,12,15,20H2,1-3H3/q+1. The summed E-state index contributed by atoms with van der Waals surface area (Å²) in [6, 6.07) is 20.7. The number of halogens is 1. The van der Waals surface area contributed by atoms with Gasteiger partial charge in [-0.3, -0.25) is 0 Å². The van der Waals surface area contributed by atoms with Gasteiger partial charge in [-0.15, -0.1) is 0 Å². The second-order valence-electron chi connectivity index (χ2n) is 12.2. The van der Waals surface area contributed by atoms with Gasteiger partial charge in [0.25, 0.3) is 0 Å². The molecule has 3 aromatic carbocycles. The number of rotatable bonds is 3. The van der Waals surface area contributed by atoms with Crippen molar-refractivity contribution in [3.8, 4) is 22.4 Å². The number of aryl methyl sites for hydroxylation is 3. The molecule has 2 saturated carbocycles. The highest BCUT2D eigenvalue weighted by molar-refractivity contribution is 6.13. The number of aromatic nitrogens is 1. The van der Waals surface area contributed by atoms with Gasteiger partial charge in [0.15, 0.2) is 6.20 Å². The molecule has 39 heavy (non-hydrogen) atoms. The zero-order chi connectivity index (χ0) is 26.7. The van der Waals surface area contributed by atoms with Crippen LogP contribution in [0.4, 0.5) is 4.39 Å². The van der Waals surface area contributed by atoms with Gasteiger partial charge >= 0.3 is 0 Å². The third-order valence-corrected chi connectivity index (χ3v) is 9.72. The number of benzene rings is 3. The van der Waals surface area contributed by atoms with E-state index in [1.807, 2.05) is 6.07 Å². The summed E-state index contributed by atoms with van der Waals surface area (Å²) >= 11 is 0. The molecule has 0 amide bonds. The fourth-order valence-corrected chi connectivity index (χ4v) is 7.67. The maximum absolute atomic E-state index is 15.5. The molecular weight excluding hydrogens is 481 g/mol. The van der Waals surface area contributed by atoms with Crippen LogP contribution in [0.2, 0.25) is 0 Å². The minimum absolute atomic E-state index is 0.240. The van der Waals surface area contributed by atoms with Crippen molar-refractivity contribution in [2.24, 2.45) is 18.9 Å². The predicted octanol–water partition coefficient (Wildman–Crippen LogP) is 9.57. The van der Waals surface area contributed by atoms with Gasteiger partial charge in [-0.1, -0.05) is 62.1 Å². The van der Waals surface area contributed by atoms with Gasteiger partial charge in [-0.05, 0) is 85.8 Å². The number of nitrogens with zero attached hydrogens (tertiary/aromatic N) is 1. The Balaban J connectivity index is 1.31. The van der Waals surface area contributed by atoms with E-state index in [0.29, 0.717) is 17.1 Å². The topological polar surface area (TPSA) is 17.0 Å². The molecule has 2 aromatic heterocycles. The van der Waals surface area contributed by atoms with Crippen LogP contribution in [-0.2, 0) is 7.05 Å². The zero-order valence-corrected chi connectivity index (χ0v) is 23.3. The second kappa shape index (κ2) is 9.62. The first-order valence-electron chi connectivity index (χ1n) is 14.7. The summed E-state index contributed by atoms with van der Waals surface area (Å²) in [5, 5.41) is 1.98.